The highest BCUT2D eigenvalue weighted by Gasteiger charge is 2.40. The molecule has 1 fully saturated rings. The third kappa shape index (κ3) is 1.63. The lowest BCUT2D eigenvalue weighted by atomic mass is 9.72. The Morgan fingerprint density at radius 3 is 2.70 bits per heavy atom. The second-order valence-corrected chi connectivity index (χ2v) is 7.35. The van der Waals surface area contributed by atoms with Crippen molar-refractivity contribution >= 4 is 33.2 Å². The van der Waals surface area contributed by atoms with E-state index in [4.69, 9.17) is 0 Å². The van der Waals surface area contributed by atoms with Gasteiger partial charge in [-0.05, 0) is 75.5 Å². The summed E-state index contributed by atoms with van der Waals surface area (Å²) in [6, 6.07) is 5.14. The lowest BCUT2D eigenvalue weighted by Crippen LogP contribution is -2.17. The molecule has 0 amide bonds. The second kappa shape index (κ2) is 4.15. The van der Waals surface area contributed by atoms with E-state index in [-0.39, 0.29) is 5.82 Å². The number of hydrogen-bond donors (Lipinski definition) is 1. The first-order valence-electron chi connectivity index (χ1n) is 6.41. The van der Waals surface area contributed by atoms with Gasteiger partial charge in [0.2, 0.25) is 0 Å². The summed E-state index contributed by atoms with van der Waals surface area (Å²) in [7, 11) is 0. The van der Waals surface area contributed by atoms with Gasteiger partial charge in [0.1, 0.15) is 10.7 Å². The number of carbonyl (C=O) groups is 1. The molecule has 2 nitrogen and oxygen atoms in total. The Hall–Kier alpha value is -1.20. The summed E-state index contributed by atoms with van der Waals surface area (Å²) in [5.74, 6) is -0.293. The van der Waals surface area contributed by atoms with Crippen LogP contribution in [-0.4, -0.2) is 11.1 Å². The first kappa shape index (κ1) is 12.5. The normalized spacial score (nSPS) is 22.5. The molecule has 2 bridgehead atoms. The van der Waals surface area contributed by atoms with Gasteiger partial charge in [-0.2, -0.15) is 0 Å². The van der Waals surface area contributed by atoms with Crippen LogP contribution in [0.2, 0.25) is 0 Å². The van der Waals surface area contributed by atoms with Crippen LogP contribution < -0.4 is 0 Å². The van der Waals surface area contributed by atoms with Gasteiger partial charge in [0.05, 0.1) is 4.47 Å². The topological polar surface area (TPSA) is 37.3 Å². The standard InChI is InChI=1S/C15H10BrFO2S/c16-11-3-9-8(4-12(11)17)6-1-7(2-6)14-10(9)5-13(20-14)15(18)19/h3-7H,1-2H2,(H,18,19). The molecule has 102 valence electrons. The van der Waals surface area contributed by atoms with E-state index in [1.165, 1.54) is 11.3 Å². The monoisotopic (exact) mass is 352 g/mol. The van der Waals surface area contributed by atoms with Crippen LogP contribution in [0.15, 0.2) is 22.7 Å². The fourth-order valence-corrected chi connectivity index (χ4v) is 4.73. The summed E-state index contributed by atoms with van der Waals surface area (Å²) in [5.41, 5.74) is 2.99. The van der Waals surface area contributed by atoms with E-state index in [1.54, 1.807) is 18.2 Å². The molecule has 0 saturated heterocycles. The zero-order valence-electron chi connectivity index (χ0n) is 10.3. The molecule has 3 aliphatic rings. The Morgan fingerprint density at radius 1 is 1.25 bits per heavy atom. The van der Waals surface area contributed by atoms with Crippen LogP contribution >= 0.6 is 27.3 Å². The average Bonchev–Trinajstić information content (AvgIpc) is 2.68. The van der Waals surface area contributed by atoms with Crippen molar-refractivity contribution in [1.29, 1.82) is 0 Å². The van der Waals surface area contributed by atoms with Crippen LogP contribution in [0.5, 0.6) is 0 Å². The van der Waals surface area contributed by atoms with Gasteiger partial charge in [-0.25, -0.2) is 9.18 Å². The maximum atomic E-state index is 13.8. The molecule has 3 aliphatic carbocycles. The highest BCUT2D eigenvalue weighted by atomic mass is 79.9. The number of rotatable bonds is 1. The fourth-order valence-electron chi connectivity index (χ4n) is 3.24. The number of carboxylic acids is 1. The van der Waals surface area contributed by atoms with Crippen LogP contribution in [0.3, 0.4) is 0 Å². The summed E-state index contributed by atoms with van der Waals surface area (Å²) in [4.78, 5) is 12.7. The minimum atomic E-state index is -0.887. The van der Waals surface area contributed by atoms with Gasteiger partial charge >= 0.3 is 5.97 Å². The number of thiophene rings is 1. The Morgan fingerprint density at radius 2 is 2.00 bits per heavy atom. The summed E-state index contributed by atoms with van der Waals surface area (Å²) < 4.78 is 14.2. The molecule has 1 N–H and O–H groups in total. The van der Waals surface area contributed by atoms with Crippen LogP contribution in [0, 0.1) is 5.82 Å². The smallest absolute Gasteiger partial charge is 0.345 e. The Bertz CT molecular complexity index is 747. The first-order valence-corrected chi connectivity index (χ1v) is 8.02. The van der Waals surface area contributed by atoms with Gasteiger partial charge in [0, 0.05) is 4.88 Å². The molecule has 5 rings (SSSR count). The minimum absolute atomic E-state index is 0.246. The summed E-state index contributed by atoms with van der Waals surface area (Å²) in [6.07, 6.45) is 2.00. The largest absolute Gasteiger partial charge is 0.477 e. The van der Waals surface area contributed by atoms with Crippen molar-refractivity contribution in [1.82, 2.24) is 0 Å². The van der Waals surface area contributed by atoms with Crippen molar-refractivity contribution < 1.29 is 14.3 Å². The highest BCUT2D eigenvalue weighted by Crippen LogP contribution is 2.58. The Balaban J connectivity index is 2.01. The SMILES string of the molecule is O=C(O)c1cc2c(s1)C1CC(C1)c1cc(F)c(Br)cc1-2. The number of benzene rings is 1. The van der Waals surface area contributed by atoms with E-state index in [1.807, 2.05) is 0 Å². The molecule has 0 spiro atoms. The third-order valence-electron chi connectivity index (χ3n) is 4.30. The first-order chi connectivity index (χ1) is 9.54. The summed E-state index contributed by atoms with van der Waals surface area (Å²) in [5, 5.41) is 9.19. The molecule has 5 heteroatoms. The number of hydrogen-bond acceptors (Lipinski definition) is 2. The van der Waals surface area contributed by atoms with Crippen LogP contribution in [-0.2, 0) is 0 Å². The average molecular weight is 353 g/mol. The van der Waals surface area contributed by atoms with Crippen molar-refractivity contribution in [3.05, 3.63) is 43.8 Å². The summed E-state index contributed by atoms with van der Waals surface area (Å²) in [6.45, 7) is 0. The van der Waals surface area contributed by atoms with E-state index in [0.29, 0.717) is 21.2 Å². The van der Waals surface area contributed by atoms with Gasteiger partial charge in [0.15, 0.2) is 0 Å². The van der Waals surface area contributed by atoms with E-state index < -0.39 is 5.97 Å². The molecule has 0 aliphatic heterocycles. The Labute approximate surface area is 127 Å². The van der Waals surface area contributed by atoms with E-state index >= 15 is 0 Å². The number of halogens is 2. The molecule has 1 aromatic heterocycles. The lowest BCUT2D eigenvalue weighted by Gasteiger charge is -2.33. The van der Waals surface area contributed by atoms with Gasteiger partial charge < -0.3 is 5.11 Å². The van der Waals surface area contributed by atoms with E-state index in [0.717, 1.165) is 34.4 Å². The van der Waals surface area contributed by atoms with Gasteiger partial charge in [-0.3, -0.25) is 0 Å². The van der Waals surface area contributed by atoms with Crippen molar-refractivity contribution in [2.24, 2.45) is 0 Å². The highest BCUT2D eigenvalue weighted by molar-refractivity contribution is 9.10. The van der Waals surface area contributed by atoms with E-state index in [2.05, 4.69) is 15.9 Å². The van der Waals surface area contributed by atoms with Crippen LogP contribution in [0.4, 0.5) is 4.39 Å². The molecule has 20 heavy (non-hydrogen) atoms. The molecule has 0 unspecified atom stereocenters. The molecule has 1 aromatic carbocycles. The van der Waals surface area contributed by atoms with Crippen LogP contribution in [0.1, 0.15) is 44.8 Å². The molecule has 1 saturated carbocycles. The quantitative estimate of drug-likeness (QED) is 0.784. The van der Waals surface area contributed by atoms with Crippen molar-refractivity contribution in [2.45, 2.75) is 24.7 Å². The summed E-state index contributed by atoms with van der Waals surface area (Å²) >= 11 is 4.60. The van der Waals surface area contributed by atoms with Gasteiger partial charge in [0.25, 0.3) is 0 Å². The van der Waals surface area contributed by atoms with E-state index in [9.17, 15) is 14.3 Å². The zero-order chi connectivity index (χ0) is 14.0. The van der Waals surface area contributed by atoms with Crippen molar-refractivity contribution in [2.75, 3.05) is 0 Å². The minimum Gasteiger partial charge on any atom is -0.477 e. The van der Waals surface area contributed by atoms with Gasteiger partial charge in [-0.15, -0.1) is 11.3 Å². The Kier molecular flexibility index (Phi) is 2.60. The molecule has 0 atom stereocenters. The van der Waals surface area contributed by atoms with Crippen molar-refractivity contribution in [3.8, 4) is 11.1 Å². The molecular weight excluding hydrogens is 343 g/mol. The maximum Gasteiger partial charge on any atom is 0.345 e. The fraction of sp³-hybridized carbons (Fsp3) is 0.267. The van der Waals surface area contributed by atoms with Crippen molar-refractivity contribution in [3.63, 3.8) is 0 Å². The zero-order valence-corrected chi connectivity index (χ0v) is 12.7. The molecule has 0 radical (unpaired) electrons. The van der Waals surface area contributed by atoms with Crippen LogP contribution in [0.25, 0.3) is 11.1 Å². The lowest BCUT2D eigenvalue weighted by molar-refractivity contribution is 0.0702. The predicted molar refractivity (Wildman–Crippen MR) is 79.1 cm³/mol. The molecule has 1 heterocycles. The number of aromatic carboxylic acids is 1. The predicted octanol–water partition coefficient (Wildman–Crippen LogP) is 4.99. The molecular formula is C15H10BrFO2S. The third-order valence-corrected chi connectivity index (χ3v) is 6.20. The molecule has 2 aromatic rings. The maximum absolute atomic E-state index is 13.8. The second-order valence-electron chi connectivity index (χ2n) is 5.41. The number of carboxylic acid groups (broad SMARTS) is 1. The van der Waals surface area contributed by atoms with Gasteiger partial charge in [-0.1, -0.05) is 0 Å².